The van der Waals surface area contributed by atoms with Gasteiger partial charge in [-0.2, -0.15) is 0 Å². The molecule has 0 amide bonds. The molecule has 218 valence electrons. The van der Waals surface area contributed by atoms with Crippen molar-refractivity contribution in [2.75, 3.05) is 13.2 Å². The molecule has 0 aliphatic heterocycles. The fourth-order valence-corrected chi connectivity index (χ4v) is 107. The Labute approximate surface area is 236 Å². The van der Waals surface area contributed by atoms with Gasteiger partial charge < -0.3 is 9.47 Å². The van der Waals surface area contributed by atoms with Gasteiger partial charge in [-0.3, -0.25) is 0 Å². The van der Waals surface area contributed by atoms with Crippen molar-refractivity contribution in [3.63, 3.8) is 0 Å². The Morgan fingerprint density at radius 2 is 0.865 bits per heavy atom. The van der Waals surface area contributed by atoms with Crippen molar-refractivity contribution < 1.29 is 19.1 Å². The molecule has 0 rings (SSSR count). The number of esters is 2. The molecule has 0 radical (unpaired) electrons. The van der Waals surface area contributed by atoms with Gasteiger partial charge in [0.05, 0.1) is 13.2 Å². The smallest absolute Gasteiger partial charge is 0.333 e. The van der Waals surface area contributed by atoms with Crippen LogP contribution < -0.4 is 0 Å². The van der Waals surface area contributed by atoms with Gasteiger partial charge in [-0.1, -0.05) is 111 Å². The van der Waals surface area contributed by atoms with E-state index < -0.39 is 45.5 Å². The monoisotopic (exact) mass is 618 g/mol. The molecule has 0 aromatic rings. The van der Waals surface area contributed by atoms with Crippen LogP contribution in [0.1, 0.15) is 6.92 Å². The molecule has 0 aliphatic carbocycles. The first-order valence-electron chi connectivity index (χ1n) is 13.8. The SMILES string of the molecule is C=C(C[Si](C)(C)C)C(=O)OCC.C=C(C[Si](C)(C)C)C(=O)OCC[Si]([Si](C)(C)C)([Si](C)(C)C)[Si](C)(C)C. The van der Waals surface area contributed by atoms with E-state index in [4.69, 9.17) is 9.47 Å². The lowest BCUT2D eigenvalue weighted by Crippen LogP contribution is -2.82. The van der Waals surface area contributed by atoms with Gasteiger partial charge in [0.15, 0.2) is 0 Å². The molecule has 0 atom stereocenters. The lowest BCUT2D eigenvalue weighted by Gasteiger charge is -2.57. The zero-order valence-electron chi connectivity index (χ0n) is 27.6. The van der Waals surface area contributed by atoms with Gasteiger partial charge in [0.25, 0.3) is 0 Å². The van der Waals surface area contributed by atoms with Crippen LogP contribution in [-0.2, 0) is 19.1 Å². The van der Waals surface area contributed by atoms with E-state index in [9.17, 15) is 9.59 Å². The predicted octanol–water partition coefficient (Wildman–Crippen LogP) is 8.57. The van der Waals surface area contributed by atoms with Crippen LogP contribution in [0.15, 0.2) is 24.3 Å². The maximum absolute atomic E-state index is 12.4. The topological polar surface area (TPSA) is 52.6 Å². The van der Waals surface area contributed by atoms with E-state index in [2.05, 4.69) is 111 Å². The van der Waals surface area contributed by atoms with Crippen LogP contribution >= 0.6 is 0 Å². The molecule has 4 nitrogen and oxygen atoms in total. The summed E-state index contributed by atoms with van der Waals surface area (Å²) in [5, 5.41) is 0. The predicted molar refractivity (Wildman–Crippen MR) is 183 cm³/mol. The fourth-order valence-electron chi connectivity index (χ4n) is 6.56. The molecule has 0 aromatic carbocycles. The second-order valence-corrected chi connectivity index (χ2v) is 68.4. The Kier molecular flexibility index (Phi) is 15.1. The van der Waals surface area contributed by atoms with Crippen molar-refractivity contribution in [2.24, 2.45) is 0 Å². The van der Waals surface area contributed by atoms with E-state index >= 15 is 0 Å². The number of rotatable bonds is 13. The van der Waals surface area contributed by atoms with Crippen molar-refractivity contribution in [3.05, 3.63) is 24.3 Å². The average molecular weight is 619 g/mol. The highest BCUT2D eigenvalue weighted by atomic mass is 29.9. The van der Waals surface area contributed by atoms with Crippen molar-refractivity contribution in [1.82, 2.24) is 0 Å². The molecule has 0 unspecified atom stereocenters. The van der Waals surface area contributed by atoms with E-state index in [1.807, 2.05) is 0 Å². The minimum absolute atomic E-state index is 0.146. The lowest BCUT2D eigenvalue weighted by atomic mass is 10.4. The Bertz CT molecular complexity index is 752. The van der Waals surface area contributed by atoms with Gasteiger partial charge in [0, 0.05) is 56.7 Å². The van der Waals surface area contributed by atoms with Crippen LogP contribution in [-0.4, -0.2) is 70.7 Å². The van der Waals surface area contributed by atoms with Crippen LogP contribution in [0, 0.1) is 0 Å². The second-order valence-electron chi connectivity index (χ2n) is 15.9. The summed E-state index contributed by atoms with van der Waals surface area (Å²) < 4.78 is 10.6. The van der Waals surface area contributed by atoms with Gasteiger partial charge in [0.2, 0.25) is 0 Å². The minimum Gasteiger partial charge on any atom is -0.463 e. The first-order chi connectivity index (χ1) is 16.1. The largest absolute Gasteiger partial charge is 0.463 e. The van der Waals surface area contributed by atoms with Crippen molar-refractivity contribution in [1.29, 1.82) is 0 Å². The Balaban J connectivity index is 0. The standard InChI is InChI=1S/C18H44O2Si5.C9H18O2Si/c1-17(16-21(2,3)4)18(19)20-14-15-25(22(5,6)7,23(8,9)10)24(11,12)13;1-6-11-9(10)8(2)7-12(3,4)5/h1,14-16H2,2-13H3;2,6-7H2,1,3-5H3. The highest BCUT2D eigenvalue weighted by Crippen LogP contribution is 2.40. The minimum atomic E-state index is -1.43. The molecule has 0 aliphatic rings. The van der Waals surface area contributed by atoms with Gasteiger partial charge in [-0.05, 0) is 25.1 Å². The highest BCUT2D eigenvalue weighted by molar-refractivity contribution is 7.89. The molecule has 10 heteroatoms. The van der Waals surface area contributed by atoms with Crippen molar-refractivity contribution in [2.45, 2.75) is 123 Å². The molecule has 0 aromatic heterocycles. The third-order valence-electron chi connectivity index (χ3n) is 6.89. The molecular weight excluding hydrogens is 557 g/mol. The molecule has 0 spiro atoms. The summed E-state index contributed by atoms with van der Waals surface area (Å²) in [6.45, 7) is 45.8. The Hall–Kier alpha value is -0.279. The summed E-state index contributed by atoms with van der Waals surface area (Å²) in [6.07, 6.45) is 0. The molecule has 0 saturated heterocycles. The molecule has 0 N–H and O–H groups in total. The quantitative estimate of drug-likeness (QED) is 0.118. The first kappa shape index (κ1) is 38.9. The van der Waals surface area contributed by atoms with E-state index in [1.54, 1.807) is 6.92 Å². The summed E-state index contributed by atoms with van der Waals surface area (Å²) in [7, 11) is -6.40. The normalized spacial score (nSPS) is 13.3. The van der Waals surface area contributed by atoms with E-state index in [0.29, 0.717) is 24.4 Å². The van der Waals surface area contributed by atoms with Crippen LogP contribution in [0.4, 0.5) is 0 Å². The molecule has 37 heavy (non-hydrogen) atoms. The molecule has 0 heterocycles. The second kappa shape index (κ2) is 14.4. The van der Waals surface area contributed by atoms with E-state index in [-0.39, 0.29) is 11.9 Å². The molecule has 0 saturated carbocycles. The van der Waals surface area contributed by atoms with Gasteiger partial charge in [-0.15, -0.1) is 0 Å². The maximum Gasteiger partial charge on any atom is 0.333 e. The maximum atomic E-state index is 12.4. The highest BCUT2D eigenvalue weighted by Gasteiger charge is 2.60. The van der Waals surface area contributed by atoms with Gasteiger partial charge >= 0.3 is 11.9 Å². The molecular formula is C27H62O4Si6. The van der Waals surface area contributed by atoms with E-state index in [1.165, 1.54) is 6.04 Å². The zero-order valence-corrected chi connectivity index (χ0v) is 33.6. The summed E-state index contributed by atoms with van der Waals surface area (Å²) in [6, 6.07) is 2.84. The lowest BCUT2D eigenvalue weighted by molar-refractivity contribution is -0.139. The van der Waals surface area contributed by atoms with Gasteiger partial charge in [0.1, 0.15) is 0 Å². The number of hydrogen-bond donors (Lipinski definition) is 0. The summed E-state index contributed by atoms with van der Waals surface area (Å²) >= 11 is 0. The fraction of sp³-hybridized carbons (Fsp3) is 0.778. The van der Waals surface area contributed by atoms with Crippen LogP contribution in [0.3, 0.4) is 0 Å². The van der Waals surface area contributed by atoms with Gasteiger partial charge in [-0.25, -0.2) is 9.59 Å². The summed E-state index contributed by atoms with van der Waals surface area (Å²) in [4.78, 5) is 23.5. The third-order valence-corrected chi connectivity index (χ3v) is 84.3. The van der Waals surface area contributed by atoms with Crippen LogP contribution in [0.5, 0.6) is 0 Å². The van der Waals surface area contributed by atoms with E-state index in [0.717, 1.165) is 12.1 Å². The third kappa shape index (κ3) is 13.6. The Morgan fingerprint density at radius 1 is 0.568 bits per heavy atom. The summed E-state index contributed by atoms with van der Waals surface area (Å²) in [5.74, 6) is -0.382. The number of hydrogen-bond acceptors (Lipinski definition) is 4. The van der Waals surface area contributed by atoms with Crippen molar-refractivity contribution >= 4 is 57.5 Å². The number of ether oxygens (including phenoxy) is 2. The van der Waals surface area contributed by atoms with Crippen LogP contribution in [0.25, 0.3) is 0 Å². The average Bonchev–Trinajstić information content (AvgIpc) is 2.59. The number of carbonyl (C=O) groups is 2. The molecule has 0 fully saturated rings. The van der Waals surface area contributed by atoms with Crippen LogP contribution in [0.2, 0.25) is 116 Å². The summed E-state index contributed by atoms with van der Waals surface area (Å²) in [5.41, 5.74) is 1.30. The number of carbonyl (C=O) groups excluding carboxylic acids is 2. The molecule has 0 bridgehead atoms. The first-order valence-corrected chi connectivity index (χ1v) is 36.9. The van der Waals surface area contributed by atoms with Crippen molar-refractivity contribution in [3.8, 4) is 0 Å². The Morgan fingerprint density at radius 3 is 1.11 bits per heavy atom. The zero-order chi connectivity index (χ0) is 30.3.